The maximum absolute atomic E-state index is 12.3. The van der Waals surface area contributed by atoms with Crippen LogP contribution in [0.5, 0.6) is 5.75 Å². The summed E-state index contributed by atoms with van der Waals surface area (Å²) in [5, 5.41) is 8.60. The maximum Gasteiger partial charge on any atom is 0.257 e. The Balaban J connectivity index is 1.96. The molecular formula is C20H22BrN3O3S. The number of hydrogen-bond acceptors (Lipinski definition) is 4. The molecule has 148 valence electrons. The summed E-state index contributed by atoms with van der Waals surface area (Å²) in [4.78, 5) is 24.5. The number of carbonyl (C=O) groups excluding carboxylic acids is 2. The molecule has 8 heteroatoms. The maximum atomic E-state index is 12.3. The largest absolute Gasteiger partial charge is 0.496 e. The van der Waals surface area contributed by atoms with Crippen molar-refractivity contribution < 1.29 is 14.3 Å². The average molecular weight is 464 g/mol. The number of anilines is 1. The van der Waals surface area contributed by atoms with Crippen molar-refractivity contribution >= 4 is 50.8 Å². The molecule has 0 spiro atoms. The predicted molar refractivity (Wildman–Crippen MR) is 118 cm³/mol. The molecule has 0 bridgehead atoms. The number of methoxy groups -OCH3 is 1. The first-order valence-electron chi connectivity index (χ1n) is 8.47. The van der Waals surface area contributed by atoms with Gasteiger partial charge in [-0.3, -0.25) is 14.9 Å². The summed E-state index contributed by atoms with van der Waals surface area (Å²) in [5.74, 6) is 0.134. The van der Waals surface area contributed by atoms with E-state index in [9.17, 15) is 9.59 Å². The third kappa shape index (κ3) is 6.31. The van der Waals surface area contributed by atoms with Gasteiger partial charge in [0, 0.05) is 22.4 Å². The van der Waals surface area contributed by atoms with Gasteiger partial charge in [0.05, 0.1) is 11.6 Å². The number of carbonyl (C=O) groups is 2. The lowest BCUT2D eigenvalue weighted by molar-refractivity contribution is 0.0918. The molecule has 0 aliphatic carbocycles. The lowest BCUT2D eigenvalue weighted by Crippen LogP contribution is -2.40. The van der Waals surface area contributed by atoms with Crippen molar-refractivity contribution in [1.82, 2.24) is 10.6 Å². The smallest absolute Gasteiger partial charge is 0.257 e. The highest BCUT2D eigenvalue weighted by atomic mass is 79.9. The van der Waals surface area contributed by atoms with E-state index in [2.05, 4.69) is 31.9 Å². The minimum atomic E-state index is -0.345. The van der Waals surface area contributed by atoms with Crippen LogP contribution in [0.4, 0.5) is 5.69 Å². The predicted octanol–water partition coefficient (Wildman–Crippen LogP) is 4.11. The van der Waals surface area contributed by atoms with Gasteiger partial charge in [-0.05, 0) is 91.4 Å². The van der Waals surface area contributed by atoms with Crippen LogP contribution in [0, 0.1) is 0 Å². The van der Waals surface area contributed by atoms with E-state index in [1.165, 1.54) is 0 Å². The highest BCUT2D eigenvalue weighted by Gasteiger charge is 2.15. The van der Waals surface area contributed by atoms with Crippen LogP contribution in [-0.2, 0) is 0 Å². The molecule has 2 rings (SSSR count). The Bertz CT molecular complexity index is 893. The van der Waals surface area contributed by atoms with Crippen molar-refractivity contribution in [2.75, 3.05) is 12.4 Å². The number of halogens is 1. The second-order valence-corrected chi connectivity index (χ2v) is 8.30. The van der Waals surface area contributed by atoms with Crippen LogP contribution in [0.25, 0.3) is 0 Å². The van der Waals surface area contributed by atoms with Crippen LogP contribution in [0.3, 0.4) is 0 Å². The second-order valence-electron chi connectivity index (χ2n) is 7.04. The molecule has 0 saturated heterocycles. The van der Waals surface area contributed by atoms with E-state index in [0.29, 0.717) is 27.0 Å². The number of hydrogen-bond donors (Lipinski definition) is 3. The van der Waals surface area contributed by atoms with Crippen molar-refractivity contribution in [3.63, 3.8) is 0 Å². The molecule has 2 amide bonds. The fourth-order valence-corrected chi connectivity index (χ4v) is 3.01. The van der Waals surface area contributed by atoms with Gasteiger partial charge in [-0.15, -0.1) is 0 Å². The summed E-state index contributed by atoms with van der Waals surface area (Å²) in [6.07, 6.45) is 0. The zero-order valence-corrected chi connectivity index (χ0v) is 18.5. The number of rotatable bonds is 4. The number of thiocarbonyl (C=S) groups is 1. The van der Waals surface area contributed by atoms with Crippen LogP contribution >= 0.6 is 28.1 Å². The van der Waals surface area contributed by atoms with Crippen molar-refractivity contribution in [2.45, 2.75) is 26.3 Å². The van der Waals surface area contributed by atoms with Crippen LogP contribution in [0.15, 0.2) is 46.9 Å². The Morgan fingerprint density at radius 1 is 1.00 bits per heavy atom. The Morgan fingerprint density at radius 2 is 1.61 bits per heavy atom. The van der Waals surface area contributed by atoms with E-state index >= 15 is 0 Å². The van der Waals surface area contributed by atoms with E-state index in [-0.39, 0.29) is 22.5 Å². The van der Waals surface area contributed by atoms with Gasteiger partial charge in [-0.2, -0.15) is 0 Å². The standard InChI is InChI=1S/C20H22BrN3O3S/c1-20(2,3)24-18(26)12-5-8-14(9-6-12)22-19(28)23-17(25)13-7-10-16(27-4)15(21)11-13/h5-11H,1-4H3,(H,24,26)(H2,22,23,25,28). The van der Waals surface area contributed by atoms with Gasteiger partial charge in [-0.1, -0.05) is 0 Å². The van der Waals surface area contributed by atoms with Gasteiger partial charge >= 0.3 is 0 Å². The minimum absolute atomic E-state index is 0.153. The van der Waals surface area contributed by atoms with Crippen molar-refractivity contribution in [3.8, 4) is 5.75 Å². The summed E-state index contributed by atoms with van der Waals surface area (Å²) in [6.45, 7) is 5.76. The topological polar surface area (TPSA) is 79.5 Å². The molecular weight excluding hydrogens is 442 g/mol. The second kappa shape index (κ2) is 9.16. The fraction of sp³-hybridized carbons (Fsp3) is 0.250. The lowest BCUT2D eigenvalue weighted by Gasteiger charge is -2.20. The number of amides is 2. The van der Waals surface area contributed by atoms with Crippen LogP contribution in [0.1, 0.15) is 41.5 Å². The zero-order chi connectivity index (χ0) is 20.9. The summed E-state index contributed by atoms with van der Waals surface area (Å²) < 4.78 is 5.82. The van der Waals surface area contributed by atoms with Crippen molar-refractivity contribution in [2.24, 2.45) is 0 Å². The minimum Gasteiger partial charge on any atom is -0.496 e. The van der Waals surface area contributed by atoms with Gasteiger partial charge in [0.25, 0.3) is 11.8 Å². The molecule has 0 radical (unpaired) electrons. The van der Waals surface area contributed by atoms with E-state index in [4.69, 9.17) is 17.0 Å². The molecule has 0 aliphatic rings. The number of nitrogens with one attached hydrogen (secondary N) is 3. The molecule has 0 unspecified atom stereocenters. The zero-order valence-electron chi connectivity index (χ0n) is 16.1. The fourth-order valence-electron chi connectivity index (χ4n) is 2.26. The van der Waals surface area contributed by atoms with E-state index < -0.39 is 0 Å². The molecule has 0 aromatic heterocycles. The molecule has 0 fully saturated rings. The van der Waals surface area contributed by atoms with Crippen molar-refractivity contribution in [1.29, 1.82) is 0 Å². The highest BCUT2D eigenvalue weighted by Crippen LogP contribution is 2.25. The van der Waals surface area contributed by atoms with Gasteiger partial charge in [0.2, 0.25) is 0 Å². The van der Waals surface area contributed by atoms with Crippen LogP contribution in [-0.4, -0.2) is 29.6 Å². The van der Waals surface area contributed by atoms with Crippen LogP contribution in [0.2, 0.25) is 0 Å². The highest BCUT2D eigenvalue weighted by molar-refractivity contribution is 9.10. The monoisotopic (exact) mass is 463 g/mol. The lowest BCUT2D eigenvalue weighted by atomic mass is 10.1. The van der Waals surface area contributed by atoms with Crippen molar-refractivity contribution in [3.05, 3.63) is 58.1 Å². The van der Waals surface area contributed by atoms with E-state index in [1.54, 1.807) is 49.6 Å². The first-order chi connectivity index (χ1) is 13.1. The molecule has 28 heavy (non-hydrogen) atoms. The number of ether oxygens (including phenoxy) is 1. The van der Waals surface area contributed by atoms with Crippen LogP contribution < -0.4 is 20.7 Å². The van der Waals surface area contributed by atoms with Gasteiger partial charge < -0.3 is 15.4 Å². The summed E-state index contributed by atoms with van der Waals surface area (Å²) in [7, 11) is 1.55. The first-order valence-corrected chi connectivity index (χ1v) is 9.67. The molecule has 0 atom stereocenters. The first kappa shape index (κ1) is 21.8. The number of benzene rings is 2. The molecule has 2 aromatic rings. The Morgan fingerprint density at radius 3 is 2.14 bits per heavy atom. The SMILES string of the molecule is COc1ccc(C(=O)NC(=S)Nc2ccc(C(=O)NC(C)(C)C)cc2)cc1Br. The third-order valence-corrected chi connectivity index (χ3v) is 4.36. The summed E-state index contributed by atoms with van der Waals surface area (Å²) in [5.41, 5.74) is 1.33. The molecule has 2 aromatic carbocycles. The molecule has 6 nitrogen and oxygen atoms in total. The average Bonchev–Trinajstić information content (AvgIpc) is 2.60. The summed E-state index contributed by atoms with van der Waals surface area (Å²) in [6, 6.07) is 11.8. The van der Waals surface area contributed by atoms with E-state index in [0.717, 1.165) is 0 Å². The summed E-state index contributed by atoms with van der Waals surface area (Å²) >= 11 is 8.54. The molecule has 0 heterocycles. The Labute approximate surface area is 178 Å². The quantitative estimate of drug-likeness (QED) is 0.594. The van der Waals surface area contributed by atoms with Gasteiger partial charge in [-0.25, -0.2) is 0 Å². The molecule has 0 aliphatic heterocycles. The Kier molecular flexibility index (Phi) is 7.15. The van der Waals surface area contributed by atoms with Gasteiger partial charge in [0.1, 0.15) is 5.75 Å². The third-order valence-electron chi connectivity index (χ3n) is 3.53. The van der Waals surface area contributed by atoms with E-state index in [1.807, 2.05) is 20.8 Å². The molecule has 0 saturated carbocycles. The Hall–Kier alpha value is -2.45. The normalized spacial score (nSPS) is 10.8. The molecule has 3 N–H and O–H groups in total. The van der Waals surface area contributed by atoms with Gasteiger partial charge in [0.15, 0.2) is 5.11 Å².